The topological polar surface area (TPSA) is 55.8 Å². The van der Waals surface area contributed by atoms with Crippen LogP contribution in [0.2, 0.25) is 0 Å². The molecule has 4 fully saturated rings. The van der Waals surface area contributed by atoms with Crippen LogP contribution in [0.15, 0.2) is 0 Å². The molecule has 27 heavy (non-hydrogen) atoms. The van der Waals surface area contributed by atoms with E-state index in [4.69, 9.17) is 9.47 Å². The largest absolute Gasteiger partial charge is 0.438 e. The fraction of sp³-hybridized carbons (Fsp3) is 0.957. The molecule has 4 aliphatic rings. The van der Waals surface area contributed by atoms with Crippen molar-refractivity contribution in [1.82, 2.24) is 0 Å². The number of hydrogen-bond acceptors (Lipinski definition) is 4. The van der Waals surface area contributed by atoms with E-state index in [-0.39, 0.29) is 30.7 Å². The number of rotatable bonds is 6. The van der Waals surface area contributed by atoms with Gasteiger partial charge in [-0.3, -0.25) is 4.79 Å². The molecule has 0 radical (unpaired) electrons. The second-order valence-electron chi connectivity index (χ2n) is 10.4. The van der Waals surface area contributed by atoms with Crippen LogP contribution in [0.25, 0.3) is 0 Å². The predicted molar refractivity (Wildman–Crippen MR) is 104 cm³/mol. The van der Waals surface area contributed by atoms with Gasteiger partial charge in [0.2, 0.25) is 0 Å². The molecular formula is C23H38O4. The monoisotopic (exact) mass is 378 g/mol. The summed E-state index contributed by atoms with van der Waals surface area (Å²) in [7, 11) is 0. The Morgan fingerprint density at radius 2 is 1.63 bits per heavy atom. The van der Waals surface area contributed by atoms with Gasteiger partial charge in [-0.25, -0.2) is 0 Å². The maximum Gasteiger partial charge on any atom is 0.313 e. The molecule has 0 aromatic rings. The molecule has 4 atom stereocenters. The highest BCUT2D eigenvalue weighted by Gasteiger charge is 2.49. The lowest BCUT2D eigenvalue weighted by Crippen LogP contribution is -2.48. The van der Waals surface area contributed by atoms with Gasteiger partial charge in [0.05, 0.1) is 18.1 Å². The van der Waals surface area contributed by atoms with Crippen molar-refractivity contribution in [3.63, 3.8) is 0 Å². The summed E-state index contributed by atoms with van der Waals surface area (Å²) in [5, 5.41) is 10.4. The first-order valence-electron chi connectivity index (χ1n) is 11.5. The third kappa shape index (κ3) is 4.53. The van der Waals surface area contributed by atoms with Gasteiger partial charge in [0.15, 0.2) is 6.79 Å². The molecule has 4 nitrogen and oxygen atoms in total. The molecule has 4 aliphatic carbocycles. The van der Waals surface area contributed by atoms with Crippen molar-refractivity contribution in [3.8, 4) is 0 Å². The van der Waals surface area contributed by atoms with Crippen molar-refractivity contribution < 1.29 is 19.4 Å². The average molecular weight is 379 g/mol. The lowest BCUT2D eigenvalue weighted by Gasteiger charge is -2.47. The van der Waals surface area contributed by atoms with Gasteiger partial charge in [-0.05, 0) is 87.9 Å². The zero-order valence-corrected chi connectivity index (χ0v) is 17.0. The first-order valence-corrected chi connectivity index (χ1v) is 11.5. The van der Waals surface area contributed by atoms with E-state index in [0.717, 1.165) is 49.9 Å². The molecule has 154 valence electrons. The fourth-order valence-electron chi connectivity index (χ4n) is 6.91. The molecule has 4 bridgehead atoms. The Morgan fingerprint density at radius 3 is 2.30 bits per heavy atom. The summed E-state index contributed by atoms with van der Waals surface area (Å²) >= 11 is 0. The van der Waals surface area contributed by atoms with E-state index in [2.05, 4.69) is 0 Å². The van der Waals surface area contributed by atoms with Crippen LogP contribution in [0.5, 0.6) is 0 Å². The molecule has 0 heterocycles. The molecule has 4 rings (SSSR count). The van der Waals surface area contributed by atoms with Gasteiger partial charge in [0.1, 0.15) is 0 Å². The van der Waals surface area contributed by atoms with Crippen molar-refractivity contribution in [2.24, 2.45) is 35.0 Å². The molecule has 1 N–H and O–H groups in total. The number of fused-ring (bicyclic) bond motifs is 4. The molecule has 0 aromatic heterocycles. The molecule has 4 saturated carbocycles. The van der Waals surface area contributed by atoms with E-state index >= 15 is 0 Å². The summed E-state index contributed by atoms with van der Waals surface area (Å²) in [5.41, 5.74) is -0.445. The standard InChI is InChI=1S/C23H38O4/c1-23(13-19-6-3-7-20(14-23)21(19)24)22(25)27-15-26-9-8-18-11-16-4-2-5-17(10-16)12-18/h16-21,24H,2-15H2,1H3. The Kier molecular flexibility index (Phi) is 6.13. The zero-order valence-electron chi connectivity index (χ0n) is 17.0. The lowest BCUT2D eigenvalue weighted by atomic mass is 9.60. The van der Waals surface area contributed by atoms with Crippen LogP contribution in [0.4, 0.5) is 0 Å². The first kappa shape index (κ1) is 19.7. The zero-order chi connectivity index (χ0) is 18.9. The minimum atomic E-state index is -0.445. The molecule has 0 saturated heterocycles. The summed E-state index contributed by atoms with van der Waals surface area (Å²) in [6.07, 6.45) is 14.2. The highest BCUT2D eigenvalue weighted by atomic mass is 16.7. The van der Waals surface area contributed by atoms with Crippen LogP contribution < -0.4 is 0 Å². The minimum Gasteiger partial charge on any atom is -0.438 e. The average Bonchev–Trinajstić information content (AvgIpc) is 2.62. The molecular weight excluding hydrogens is 340 g/mol. The van der Waals surface area contributed by atoms with Crippen molar-refractivity contribution in [1.29, 1.82) is 0 Å². The van der Waals surface area contributed by atoms with Gasteiger partial charge in [-0.2, -0.15) is 0 Å². The van der Waals surface area contributed by atoms with Crippen molar-refractivity contribution >= 4 is 5.97 Å². The number of aliphatic hydroxyl groups excluding tert-OH is 1. The molecule has 0 spiro atoms. The molecule has 0 amide bonds. The second-order valence-corrected chi connectivity index (χ2v) is 10.4. The van der Waals surface area contributed by atoms with E-state index in [1.54, 1.807) is 0 Å². The SMILES string of the molecule is CC1(C(=O)OCOCCC2CC3CCCC(C3)C2)CC2CCCC(C1)C2O. The van der Waals surface area contributed by atoms with Crippen molar-refractivity contribution in [2.45, 2.75) is 90.1 Å². The molecule has 0 aliphatic heterocycles. The van der Waals surface area contributed by atoms with Gasteiger partial charge >= 0.3 is 5.97 Å². The first-order chi connectivity index (χ1) is 13.0. The number of hydrogen-bond donors (Lipinski definition) is 1. The maximum absolute atomic E-state index is 12.7. The Morgan fingerprint density at radius 1 is 1.00 bits per heavy atom. The normalized spacial score (nSPS) is 43.9. The predicted octanol–water partition coefficient (Wildman–Crippen LogP) is 4.69. The van der Waals surface area contributed by atoms with Crippen molar-refractivity contribution in [3.05, 3.63) is 0 Å². The van der Waals surface area contributed by atoms with E-state index in [1.165, 1.54) is 44.9 Å². The second kappa shape index (κ2) is 8.41. The van der Waals surface area contributed by atoms with Crippen LogP contribution in [0.3, 0.4) is 0 Å². The van der Waals surface area contributed by atoms with E-state index in [0.29, 0.717) is 6.61 Å². The molecule has 4 heteroatoms. The number of esters is 1. The lowest BCUT2D eigenvalue weighted by molar-refractivity contribution is -0.177. The van der Waals surface area contributed by atoms with Gasteiger partial charge in [0, 0.05) is 0 Å². The Balaban J connectivity index is 1.16. The summed E-state index contributed by atoms with van der Waals surface area (Å²) in [6, 6.07) is 0. The van der Waals surface area contributed by atoms with Crippen LogP contribution >= 0.6 is 0 Å². The van der Waals surface area contributed by atoms with Gasteiger partial charge in [-0.1, -0.05) is 25.7 Å². The molecule has 4 unspecified atom stereocenters. The van der Waals surface area contributed by atoms with Crippen LogP contribution in [0.1, 0.15) is 84.0 Å². The Bertz CT molecular complexity index is 493. The van der Waals surface area contributed by atoms with E-state index < -0.39 is 5.41 Å². The third-order valence-electron chi connectivity index (χ3n) is 8.20. The van der Waals surface area contributed by atoms with Crippen LogP contribution in [-0.4, -0.2) is 30.6 Å². The van der Waals surface area contributed by atoms with E-state index in [1.807, 2.05) is 6.92 Å². The number of carbonyl (C=O) groups excluding carboxylic acids is 1. The summed E-state index contributed by atoms with van der Waals surface area (Å²) in [4.78, 5) is 12.7. The molecule has 0 aromatic carbocycles. The third-order valence-corrected chi connectivity index (χ3v) is 8.20. The number of ether oxygens (including phenoxy) is 2. The quantitative estimate of drug-likeness (QED) is 0.414. The highest BCUT2D eigenvalue weighted by Crippen LogP contribution is 2.49. The van der Waals surface area contributed by atoms with Crippen LogP contribution in [0, 0.1) is 35.0 Å². The van der Waals surface area contributed by atoms with Gasteiger partial charge < -0.3 is 14.6 Å². The van der Waals surface area contributed by atoms with Crippen LogP contribution in [-0.2, 0) is 14.3 Å². The Hall–Kier alpha value is -0.610. The number of aliphatic hydroxyl groups is 1. The minimum absolute atomic E-state index is 0.0892. The summed E-state index contributed by atoms with van der Waals surface area (Å²) < 4.78 is 11.2. The van der Waals surface area contributed by atoms with Crippen molar-refractivity contribution in [2.75, 3.05) is 13.4 Å². The van der Waals surface area contributed by atoms with E-state index in [9.17, 15) is 9.90 Å². The van der Waals surface area contributed by atoms with Gasteiger partial charge in [0.25, 0.3) is 0 Å². The Labute approximate surface area is 164 Å². The highest BCUT2D eigenvalue weighted by molar-refractivity contribution is 5.76. The maximum atomic E-state index is 12.7. The summed E-state index contributed by atoms with van der Waals surface area (Å²) in [6.45, 7) is 2.82. The fourth-order valence-corrected chi connectivity index (χ4v) is 6.91. The van der Waals surface area contributed by atoms with Gasteiger partial charge in [-0.15, -0.1) is 0 Å². The smallest absolute Gasteiger partial charge is 0.313 e. The summed E-state index contributed by atoms with van der Waals surface area (Å²) in [5.74, 6) is 3.13. The number of carbonyl (C=O) groups is 1.